The number of rotatable bonds is 5. The lowest BCUT2D eigenvalue weighted by molar-refractivity contribution is -0.130. The Morgan fingerprint density at radius 1 is 0.826 bits per heavy atom. The lowest BCUT2D eigenvalue weighted by atomic mass is 9.85. The van der Waals surface area contributed by atoms with Crippen LogP contribution in [0.2, 0.25) is 0 Å². The summed E-state index contributed by atoms with van der Waals surface area (Å²) in [5, 5.41) is 0. The Morgan fingerprint density at radius 2 is 1.30 bits per heavy atom. The summed E-state index contributed by atoms with van der Waals surface area (Å²) < 4.78 is 6.12. The van der Waals surface area contributed by atoms with E-state index < -0.39 is 11.5 Å². The van der Waals surface area contributed by atoms with Crippen LogP contribution in [0.15, 0.2) is 85.2 Å². The summed E-state index contributed by atoms with van der Waals surface area (Å²) in [6, 6.07) is 21.9. The van der Waals surface area contributed by atoms with Gasteiger partial charge in [0.2, 0.25) is 5.60 Å². The van der Waals surface area contributed by atoms with Crippen LogP contribution in [0.5, 0.6) is 5.75 Å². The second-order valence-corrected chi connectivity index (χ2v) is 5.06. The van der Waals surface area contributed by atoms with Crippen LogP contribution in [0.4, 0.5) is 0 Å². The van der Waals surface area contributed by atoms with Gasteiger partial charge in [-0.25, -0.2) is 0 Å². The number of hydrogen-bond donors (Lipinski definition) is 1. The Labute approximate surface area is 134 Å². The first-order chi connectivity index (χ1) is 11.2. The lowest BCUT2D eigenvalue weighted by Gasteiger charge is -2.32. The van der Waals surface area contributed by atoms with Crippen molar-refractivity contribution in [1.82, 2.24) is 4.98 Å². The van der Waals surface area contributed by atoms with E-state index in [2.05, 4.69) is 4.98 Å². The van der Waals surface area contributed by atoms with Crippen LogP contribution in [0, 0.1) is 0 Å². The molecule has 0 saturated carbocycles. The normalized spacial score (nSPS) is 11.0. The predicted molar refractivity (Wildman–Crippen MR) is 87.7 cm³/mol. The third kappa shape index (κ3) is 2.79. The number of nitrogens with two attached hydrogens (primary N) is 1. The fourth-order valence-electron chi connectivity index (χ4n) is 2.55. The van der Waals surface area contributed by atoms with E-state index in [1.54, 1.807) is 24.5 Å². The van der Waals surface area contributed by atoms with E-state index in [1.165, 1.54) is 0 Å². The van der Waals surface area contributed by atoms with E-state index >= 15 is 0 Å². The minimum Gasteiger partial charge on any atom is -0.468 e. The van der Waals surface area contributed by atoms with Crippen molar-refractivity contribution in [2.75, 3.05) is 0 Å². The van der Waals surface area contributed by atoms with Gasteiger partial charge in [-0.05, 0) is 12.1 Å². The molecule has 1 heterocycles. The monoisotopic (exact) mass is 304 g/mol. The Morgan fingerprint density at radius 3 is 1.74 bits per heavy atom. The number of benzene rings is 2. The first-order valence-electron chi connectivity index (χ1n) is 7.23. The van der Waals surface area contributed by atoms with Crippen molar-refractivity contribution in [2.45, 2.75) is 5.60 Å². The molecule has 114 valence electrons. The highest BCUT2D eigenvalue weighted by atomic mass is 16.5. The molecule has 0 spiro atoms. The van der Waals surface area contributed by atoms with Gasteiger partial charge in [0, 0.05) is 23.5 Å². The number of ether oxygens (including phenoxy) is 1. The molecule has 0 radical (unpaired) electrons. The molecule has 3 rings (SSSR count). The first-order valence-corrected chi connectivity index (χ1v) is 7.23. The maximum absolute atomic E-state index is 12.5. The molecule has 4 nitrogen and oxygen atoms in total. The lowest BCUT2D eigenvalue weighted by Crippen LogP contribution is -2.47. The Hall–Kier alpha value is -3.14. The number of carbonyl (C=O) groups excluding carboxylic acids is 1. The van der Waals surface area contributed by atoms with Gasteiger partial charge in [0.05, 0.1) is 0 Å². The molecule has 1 aromatic heterocycles. The molecule has 23 heavy (non-hydrogen) atoms. The number of aromatic nitrogens is 1. The maximum Gasteiger partial charge on any atom is 0.271 e. The summed E-state index contributed by atoms with van der Waals surface area (Å²) in [6.45, 7) is 0. The van der Waals surface area contributed by atoms with Crippen LogP contribution in [0.1, 0.15) is 11.1 Å². The zero-order chi connectivity index (χ0) is 16.1. The molecule has 0 atom stereocenters. The van der Waals surface area contributed by atoms with E-state index in [1.807, 2.05) is 60.7 Å². The molecule has 0 aliphatic heterocycles. The second-order valence-electron chi connectivity index (χ2n) is 5.06. The SMILES string of the molecule is NC(=O)C(Oc1ccncc1)(c1ccccc1)c1ccccc1. The van der Waals surface area contributed by atoms with Crippen LogP contribution < -0.4 is 10.5 Å². The fourth-order valence-corrected chi connectivity index (χ4v) is 2.55. The van der Waals surface area contributed by atoms with Crippen molar-refractivity contribution in [3.63, 3.8) is 0 Å². The third-order valence-electron chi connectivity index (χ3n) is 3.63. The van der Waals surface area contributed by atoms with Crippen molar-refractivity contribution in [1.29, 1.82) is 0 Å². The van der Waals surface area contributed by atoms with Crippen LogP contribution in [0.3, 0.4) is 0 Å². The molecule has 0 bridgehead atoms. The molecule has 2 aromatic carbocycles. The van der Waals surface area contributed by atoms with Crippen molar-refractivity contribution in [3.05, 3.63) is 96.3 Å². The molecule has 2 N–H and O–H groups in total. The molecule has 1 amide bonds. The average Bonchev–Trinajstić information content (AvgIpc) is 2.62. The molecule has 0 unspecified atom stereocenters. The molecule has 0 aliphatic rings. The zero-order valence-corrected chi connectivity index (χ0v) is 12.4. The second kappa shape index (κ2) is 6.32. The summed E-state index contributed by atoms with van der Waals surface area (Å²) >= 11 is 0. The van der Waals surface area contributed by atoms with Gasteiger partial charge in [-0.3, -0.25) is 9.78 Å². The highest BCUT2D eigenvalue weighted by Gasteiger charge is 2.43. The highest BCUT2D eigenvalue weighted by molar-refractivity contribution is 5.89. The first kappa shape index (κ1) is 14.8. The van der Waals surface area contributed by atoms with Crippen molar-refractivity contribution in [3.8, 4) is 5.75 Å². The fraction of sp³-hybridized carbons (Fsp3) is 0.0526. The minimum absolute atomic E-state index is 0.520. The summed E-state index contributed by atoms with van der Waals surface area (Å²) in [6.07, 6.45) is 3.22. The van der Waals surface area contributed by atoms with Crippen LogP contribution in [0.25, 0.3) is 0 Å². The minimum atomic E-state index is -1.40. The van der Waals surface area contributed by atoms with E-state index in [9.17, 15) is 4.79 Å². The number of primary amides is 1. The quantitative estimate of drug-likeness (QED) is 0.788. The molecular weight excluding hydrogens is 288 g/mol. The van der Waals surface area contributed by atoms with E-state index in [-0.39, 0.29) is 0 Å². The standard InChI is InChI=1S/C19H16N2O2/c20-18(22)19(15-7-3-1-4-8-15,16-9-5-2-6-10-16)23-17-11-13-21-14-12-17/h1-14H,(H2,20,22). The number of hydrogen-bond acceptors (Lipinski definition) is 3. The van der Waals surface area contributed by atoms with Gasteiger partial charge in [-0.15, -0.1) is 0 Å². The summed E-state index contributed by atoms with van der Waals surface area (Å²) in [5.74, 6) is -0.0572. The molecule has 4 heteroatoms. The predicted octanol–water partition coefficient (Wildman–Crippen LogP) is 2.89. The molecule has 0 saturated heterocycles. The van der Waals surface area contributed by atoms with E-state index in [0.717, 1.165) is 0 Å². The number of pyridine rings is 1. The Bertz CT molecular complexity index is 735. The number of carbonyl (C=O) groups is 1. The highest BCUT2D eigenvalue weighted by Crippen LogP contribution is 2.34. The maximum atomic E-state index is 12.5. The van der Waals surface area contributed by atoms with Gasteiger partial charge < -0.3 is 10.5 Å². The van der Waals surface area contributed by atoms with Crippen molar-refractivity contribution < 1.29 is 9.53 Å². The largest absolute Gasteiger partial charge is 0.468 e. The van der Waals surface area contributed by atoms with Crippen molar-refractivity contribution in [2.24, 2.45) is 5.73 Å². The van der Waals surface area contributed by atoms with Gasteiger partial charge in [0.1, 0.15) is 5.75 Å². The smallest absolute Gasteiger partial charge is 0.271 e. The van der Waals surface area contributed by atoms with Crippen LogP contribution in [-0.4, -0.2) is 10.9 Å². The summed E-state index contributed by atoms with van der Waals surface area (Å²) in [4.78, 5) is 16.5. The summed E-state index contributed by atoms with van der Waals surface area (Å²) in [7, 11) is 0. The number of nitrogens with zero attached hydrogens (tertiary/aromatic N) is 1. The van der Waals surface area contributed by atoms with Gasteiger partial charge >= 0.3 is 0 Å². The topological polar surface area (TPSA) is 65.2 Å². The van der Waals surface area contributed by atoms with Gasteiger partial charge in [0.15, 0.2) is 0 Å². The summed E-state index contributed by atoms with van der Waals surface area (Å²) in [5.41, 5.74) is 5.76. The molecule has 0 aliphatic carbocycles. The van der Waals surface area contributed by atoms with E-state index in [4.69, 9.17) is 10.5 Å². The molecular formula is C19H16N2O2. The van der Waals surface area contributed by atoms with Gasteiger partial charge in [-0.1, -0.05) is 60.7 Å². The molecule has 3 aromatic rings. The average molecular weight is 304 g/mol. The Kier molecular flexibility index (Phi) is 4.06. The van der Waals surface area contributed by atoms with Gasteiger partial charge in [0.25, 0.3) is 5.91 Å². The zero-order valence-electron chi connectivity index (χ0n) is 12.4. The Balaban J connectivity index is 2.21. The van der Waals surface area contributed by atoms with Crippen LogP contribution in [-0.2, 0) is 10.4 Å². The van der Waals surface area contributed by atoms with E-state index in [0.29, 0.717) is 16.9 Å². The molecule has 0 fully saturated rings. The van der Waals surface area contributed by atoms with Gasteiger partial charge in [-0.2, -0.15) is 0 Å². The number of amides is 1. The van der Waals surface area contributed by atoms with Crippen molar-refractivity contribution >= 4 is 5.91 Å². The van der Waals surface area contributed by atoms with Crippen LogP contribution >= 0.6 is 0 Å². The third-order valence-corrected chi connectivity index (χ3v) is 3.63.